The van der Waals surface area contributed by atoms with Crippen LogP contribution in [0.3, 0.4) is 0 Å². The van der Waals surface area contributed by atoms with Crippen molar-refractivity contribution in [2.45, 2.75) is 25.7 Å². The lowest BCUT2D eigenvalue weighted by Gasteiger charge is -2.05. The number of carbonyl (C=O) groups excluding carboxylic acids is 1. The van der Waals surface area contributed by atoms with Crippen LogP contribution in [0, 0.1) is 13.8 Å². The summed E-state index contributed by atoms with van der Waals surface area (Å²) in [4.78, 5) is 10.9. The van der Waals surface area contributed by atoms with Crippen molar-refractivity contribution >= 4 is 27.4 Å². The molecule has 4 aromatic rings. The zero-order valence-electron chi connectivity index (χ0n) is 18.4. The summed E-state index contributed by atoms with van der Waals surface area (Å²) in [6.45, 7) is 5.42. The molecule has 8 heteroatoms. The van der Waals surface area contributed by atoms with Gasteiger partial charge in [-0.1, -0.05) is 17.7 Å². The Labute approximate surface area is 187 Å². The Morgan fingerprint density at radius 3 is 2.06 bits per heavy atom. The number of carbonyl (C=O) groups is 1. The van der Waals surface area contributed by atoms with Crippen molar-refractivity contribution in [1.29, 1.82) is 0 Å². The fourth-order valence-corrected chi connectivity index (χ4v) is 3.72. The second kappa shape index (κ2) is 9.33. The molecular weight excluding hydrogens is 426 g/mol. The van der Waals surface area contributed by atoms with Gasteiger partial charge in [0.2, 0.25) is 5.91 Å². The molecule has 1 amide bonds. The molecule has 1 N–H and O–H groups in total. The lowest BCUT2D eigenvalue weighted by Crippen LogP contribution is -2.18. The van der Waals surface area contributed by atoms with E-state index in [1.54, 1.807) is 12.1 Å². The highest BCUT2D eigenvalue weighted by Crippen LogP contribution is 2.22. The summed E-state index contributed by atoms with van der Waals surface area (Å²) in [6, 6.07) is 17.9. The smallest absolute Gasteiger partial charge is 0.286 e. The number of rotatable bonds is 3. The average molecular weight is 452 g/mol. The van der Waals surface area contributed by atoms with Crippen molar-refractivity contribution in [1.82, 2.24) is 4.57 Å². The number of aryl methyl sites for hydroxylation is 3. The van der Waals surface area contributed by atoms with Crippen LogP contribution < -0.4 is 9.72 Å². The maximum Gasteiger partial charge on any atom is 0.286 e. The van der Waals surface area contributed by atoms with Crippen LogP contribution in [-0.2, 0) is 22.0 Å². The molecule has 2 heterocycles. The number of nitrogens with zero attached hydrogens (tertiary/aromatic N) is 2. The van der Waals surface area contributed by atoms with Crippen LogP contribution in [0.15, 0.2) is 78.0 Å². The lowest BCUT2D eigenvalue weighted by atomic mass is 10.1. The summed E-state index contributed by atoms with van der Waals surface area (Å²) in [5.41, 5.74) is 6.36. The Bertz CT molecular complexity index is 1360. The number of aromatic nitrogens is 2. The van der Waals surface area contributed by atoms with E-state index in [-0.39, 0.29) is 10.8 Å². The molecule has 7 nitrogen and oxygen atoms in total. The lowest BCUT2D eigenvalue weighted by molar-refractivity contribution is -0.510. The number of fused-ring (bicyclic) bond motifs is 1. The fourth-order valence-electron chi connectivity index (χ4n) is 3.25. The van der Waals surface area contributed by atoms with Crippen molar-refractivity contribution in [2.24, 2.45) is 7.05 Å². The van der Waals surface area contributed by atoms with Gasteiger partial charge in [-0.2, -0.15) is 0 Å². The normalized spacial score (nSPS) is 11.0. The first-order valence-electron chi connectivity index (χ1n) is 9.92. The monoisotopic (exact) mass is 451 g/mol. The van der Waals surface area contributed by atoms with E-state index in [9.17, 15) is 17.8 Å². The number of pyridine rings is 1. The van der Waals surface area contributed by atoms with Crippen LogP contribution in [0.4, 0.5) is 5.69 Å². The maximum absolute atomic E-state index is 11.1. The Morgan fingerprint density at radius 1 is 0.906 bits per heavy atom. The first-order chi connectivity index (χ1) is 15.0. The summed E-state index contributed by atoms with van der Waals surface area (Å²) >= 11 is 0. The third-order valence-corrected chi connectivity index (χ3v) is 5.73. The van der Waals surface area contributed by atoms with Gasteiger partial charge in [0.25, 0.3) is 5.65 Å². The maximum atomic E-state index is 11.1. The summed E-state index contributed by atoms with van der Waals surface area (Å²) < 4.78 is 35.5. The SMILES string of the molecule is CC(=O)Nc1ccc(-c2c[n+]3cc(C)ccc3n2C)cc1.Cc1ccc(S(=O)(=O)[O-])cc1. The van der Waals surface area contributed by atoms with Crippen molar-refractivity contribution in [2.75, 3.05) is 5.32 Å². The molecule has 32 heavy (non-hydrogen) atoms. The second-order valence-electron chi connectivity index (χ2n) is 7.57. The Kier molecular flexibility index (Phi) is 6.76. The number of nitrogens with one attached hydrogen (secondary N) is 1. The zero-order valence-corrected chi connectivity index (χ0v) is 19.2. The molecule has 2 aromatic carbocycles. The molecule has 0 atom stereocenters. The van der Waals surface area contributed by atoms with Gasteiger partial charge in [-0.15, -0.1) is 0 Å². The van der Waals surface area contributed by atoms with E-state index < -0.39 is 10.1 Å². The van der Waals surface area contributed by atoms with Crippen molar-refractivity contribution in [3.63, 3.8) is 0 Å². The van der Waals surface area contributed by atoms with Gasteiger partial charge in [0.1, 0.15) is 16.3 Å². The molecule has 0 unspecified atom stereocenters. The van der Waals surface area contributed by atoms with E-state index in [1.165, 1.54) is 24.6 Å². The van der Waals surface area contributed by atoms with Gasteiger partial charge in [-0.3, -0.25) is 4.79 Å². The van der Waals surface area contributed by atoms with Gasteiger partial charge >= 0.3 is 0 Å². The Hall–Kier alpha value is -3.49. The predicted octanol–water partition coefficient (Wildman–Crippen LogP) is 3.60. The number of amides is 1. The molecular formula is C24H25N3O4S. The minimum Gasteiger partial charge on any atom is -0.744 e. The fraction of sp³-hybridized carbons (Fsp3) is 0.167. The van der Waals surface area contributed by atoms with Crippen molar-refractivity contribution in [3.05, 3.63) is 84.2 Å². The van der Waals surface area contributed by atoms with E-state index in [0.717, 1.165) is 28.2 Å². The minimum absolute atomic E-state index is 0.0571. The topological polar surface area (TPSA) is 95.3 Å². The van der Waals surface area contributed by atoms with Crippen LogP contribution in [0.5, 0.6) is 0 Å². The van der Waals surface area contributed by atoms with Gasteiger partial charge < -0.3 is 9.87 Å². The Balaban J connectivity index is 0.000000222. The quantitative estimate of drug-likeness (QED) is 0.380. The Morgan fingerprint density at radius 2 is 1.50 bits per heavy atom. The molecule has 0 spiro atoms. The number of hydrogen-bond acceptors (Lipinski definition) is 4. The molecule has 0 fully saturated rings. The molecule has 0 bridgehead atoms. The van der Waals surface area contributed by atoms with Gasteiger partial charge in [0, 0.05) is 24.2 Å². The molecule has 2 aromatic heterocycles. The van der Waals surface area contributed by atoms with Gasteiger partial charge in [-0.05, 0) is 61.9 Å². The van der Waals surface area contributed by atoms with Gasteiger partial charge in [0.05, 0.1) is 18.1 Å². The number of benzene rings is 2. The average Bonchev–Trinajstić information content (AvgIpc) is 3.04. The first kappa shape index (κ1) is 23.2. The number of imidazole rings is 1. The molecule has 0 aliphatic rings. The number of anilines is 1. The second-order valence-corrected chi connectivity index (χ2v) is 8.95. The van der Waals surface area contributed by atoms with Crippen molar-refractivity contribution in [3.8, 4) is 11.3 Å². The number of hydrogen-bond donors (Lipinski definition) is 1. The third kappa shape index (κ3) is 5.60. The molecule has 0 radical (unpaired) electrons. The van der Waals surface area contributed by atoms with Crippen molar-refractivity contribution < 1.29 is 22.2 Å². The van der Waals surface area contributed by atoms with Gasteiger partial charge in [-0.25, -0.2) is 17.4 Å². The van der Waals surface area contributed by atoms with E-state index >= 15 is 0 Å². The molecule has 0 saturated carbocycles. The summed E-state index contributed by atoms with van der Waals surface area (Å²) in [5.74, 6) is -0.0571. The van der Waals surface area contributed by atoms with Crippen LogP contribution in [-0.4, -0.2) is 23.4 Å². The van der Waals surface area contributed by atoms with Gasteiger partial charge in [0.15, 0.2) is 5.69 Å². The minimum atomic E-state index is -4.27. The molecule has 0 aliphatic heterocycles. The van der Waals surface area contributed by atoms with Crippen LogP contribution in [0.25, 0.3) is 16.9 Å². The third-order valence-electron chi connectivity index (χ3n) is 4.88. The zero-order chi connectivity index (χ0) is 23.5. The van der Waals surface area contributed by atoms with E-state index in [1.807, 2.05) is 31.2 Å². The predicted molar refractivity (Wildman–Crippen MR) is 122 cm³/mol. The first-order valence-corrected chi connectivity index (χ1v) is 11.3. The van der Waals surface area contributed by atoms with Crippen LogP contribution in [0.2, 0.25) is 0 Å². The summed E-state index contributed by atoms with van der Waals surface area (Å²) in [7, 11) is -2.21. The van der Waals surface area contributed by atoms with Crippen LogP contribution >= 0.6 is 0 Å². The molecule has 0 aliphatic carbocycles. The molecule has 166 valence electrons. The molecule has 0 saturated heterocycles. The van der Waals surface area contributed by atoms with E-state index in [0.29, 0.717) is 0 Å². The van der Waals surface area contributed by atoms with E-state index in [4.69, 9.17) is 0 Å². The largest absolute Gasteiger partial charge is 0.744 e. The highest BCUT2D eigenvalue weighted by atomic mass is 32.2. The van der Waals surface area contributed by atoms with E-state index in [2.05, 4.69) is 52.8 Å². The standard InChI is InChI=1S/C17H17N3O.C7H8O3S/c1-12-4-9-17-19(3)16(11-20(17)10-12)14-5-7-15(8-6-14)18-13(2)21;1-6-2-4-7(5-3-6)11(8,9)10/h4-11H,1-3H3;2-5H,1H3,(H,8,9,10). The molecule has 4 rings (SSSR count). The highest BCUT2D eigenvalue weighted by molar-refractivity contribution is 7.85. The van der Waals surface area contributed by atoms with Crippen LogP contribution in [0.1, 0.15) is 18.1 Å². The highest BCUT2D eigenvalue weighted by Gasteiger charge is 2.15. The summed E-state index contributed by atoms with van der Waals surface area (Å²) in [6.07, 6.45) is 4.24. The summed E-state index contributed by atoms with van der Waals surface area (Å²) in [5, 5.41) is 2.78.